The number of rotatable bonds is 6. The molecule has 0 saturated heterocycles. The van der Waals surface area contributed by atoms with Crippen LogP contribution in [-0.4, -0.2) is 31.4 Å². The van der Waals surface area contributed by atoms with Crippen molar-refractivity contribution in [2.24, 2.45) is 0 Å². The third kappa shape index (κ3) is 3.68. The average molecular weight is 307 g/mol. The van der Waals surface area contributed by atoms with Crippen molar-refractivity contribution in [3.8, 4) is 5.75 Å². The lowest BCUT2D eigenvalue weighted by atomic mass is 10.1. The van der Waals surface area contributed by atoms with Crippen molar-refractivity contribution in [2.75, 3.05) is 20.7 Å². The number of halogens is 1. The van der Waals surface area contributed by atoms with E-state index in [0.29, 0.717) is 5.75 Å². The van der Waals surface area contributed by atoms with Crippen LogP contribution in [0.2, 0.25) is 0 Å². The molecule has 0 bridgehead atoms. The topological polar surface area (TPSA) is 29.5 Å². The van der Waals surface area contributed by atoms with Crippen molar-refractivity contribution in [1.82, 2.24) is 4.90 Å². The largest absolute Gasteiger partial charge is 0.496 e. The predicted octanol–water partition coefficient (Wildman–Crippen LogP) is 3.77. The lowest BCUT2D eigenvalue weighted by Gasteiger charge is -2.23. The molecule has 3 nitrogen and oxygen atoms in total. The van der Waals surface area contributed by atoms with Crippen LogP contribution in [-0.2, 0) is 0 Å². The number of thiophene rings is 1. The van der Waals surface area contributed by atoms with Gasteiger partial charge >= 0.3 is 0 Å². The first-order chi connectivity index (χ1) is 10.0. The van der Waals surface area contributed by atoms with Gasteiger partial charge < -0.3 is 4.74 Å². The van der Waals surface area contributed by atoms with Gasteiger partial charge in [-0.3, -0.25) is 9.69 Å². The lowest BCUT2D eigenvalue weighted by molar-refractivity contribution is 0.0922. The Bertz CT molecular complexity index is 613. The van der Waals surface area contributed by atoms with Gasteiger partial charge in [0.05, 0.1) is 19.2 Å². The molecule has 112 valence electrons. The van der Waals surface area contributed by atoms with E-state index in [2.05, 4.69) is 0 Å². The van der Waals surface area contributed by atoms with Gasteiger partial charge in [0.25, 0.3) is 0 Å². The molecule has 1 unspecified atom stereocenters. The molecule has 2 rings (SSSR count). The van der Waals surface area contributed by atoms with Crippen LogP contribution in [0.5, 0.6) is 5.75 Å². The standard InChI is InChI=1S/C16H18FNO2S/c1-11(16-5-4-8-21-16)18(2)10-14(19)13-9-12(17)6-7-15(13)20-3/h4-9,11H,10H2,1-3H3. The minimum Gasteiger partial charge on any atom is -0.496 e. The second-order valence-corrected chi connectivity index (χ2v) is 5.85. The van der Waals surface area contributed by atoms with Crippen LogP contribution >= 0.6 is 11.3 Å². The van der Waals surface area contributed by atoms with Crippen LogP contribution in [0.3, 0.4) is 0 Å². The van der Waals surface area contributed by atoms with Gasteiger partial charge in [-0.05, 0) is 43.6 Å². The number of Topliss-reactive ketones (excluding diaryl/α,β-unsaturated/α-hetero) is 1. The van der Waals surface area contributed by atoms with Gasteiger partial charge in [-0.2, -0.15) is 0 Å². The van der Waals surface area contributed by atoms with Gasteiger partial charge in [0.2, 0.25) is 0 Å². The molecule has 0 aliphatic rings. The first kappa shape index (κ1) is 15.7. The molecule has 1 aromatic carbocycles. The SMILES string of the molecule is COc1ccc(F)cc1C(=O)CN(C)C(C)c1cccs1. The van der Waals surface area contributed by atoms with Gasteiger partial charge in [0, 0.05) is 10.9 Å². The summed E-state index contributed by atoms with van der Waals surface area (Å²) in [6.07, 6.45) is 0. The number of hydrogen-bond acceptors (Lipinski definition) is 4. The molecule has 1 heterocycles. The molecular weight excluding hydrogens is 289 g/mol. The third-order valence-electron chi connectivity index (χ3n) is 3.47. The Morgan fingerprint density at radius 3 is 2.81 bits per heavy atom. The van der Waals surface area contributed by atoms with Crippen LogP contribution < -0.4 is 4.74 Å². The van der Waals surface area contributed by atoms with Gasteiger partial charge in [0.1, 0.15) is 11.6 Å². The van der Waals surface area contributed by atoms with Gasteiger partial charge in [-0.1, -0.05) is 6.07 Å². The molecule has 0 N–H and O–H groups in total. The Labute approximate surface area is 128 Å². The predicted molar refractivity (Wildman–Crippen MR) is 82.6 cm³/mol. The second-order valence-electron chi connectivity index (χ2n) is 4.87. The average Bonchev–Trinajstić information content (AvgIpc) is 3.00. The first-order valence-electron chi connectivity index (χ1n) is 6.63. The highest BCUT2D eigenvalue weighted by Gasteiger charge is 2.19. The summed E-state index contributed by atoms with van der Waals surface area (Å²) in [6.45, 7) is 2.25. The maximum atomic E-state index is 13.3. The molecule has 5 heteroatoms. The number of carbonyl (C=O) groups is 1. The Kier molecular flexibility index (Phi) is 5.09. The Balaban J connectivity index is 2.12. The van der Waals surface area contributed by atoms with E-state index in [1.165, 1.54) is 30.2 Å². The van der Waals surface area contributed by atoms with Crippen molar-refractivity contribution in [1.29, 1.82) is 0 Å². The molecule has 0 spiro atoms. The van der Waals surface area contributed by atoms with Crippen LogP contribution in [0, 0.1) is 5.82 Å². The molecule has 2 aromatic rings. The maximum Gasteiger partial charge on any atom is 0.180 e. The zero-order chi connectivity index (χ0) is 15.4. The van der Waals surface area contributed by atoms with E-state index < -0.39 is 5.82 Å². The molecule has 1 atom stereocenters. The first-order valence-corrected chi connectivity index (χ1v) is 7.51. The van der Waals surface area contributed by atoms with Gasteiger partial charge in [-0.15, -0.1) is 11.3 Å². The van der Waals surface area contributed by atoms with Crippen molar-refractivity contribution >= 4 is 17.1 Å². The quantitative estimate of drug-likeness (QED) is 0.761. The minimum atomic E-state index is -0.437. The van der Waals surface area contributed by atoms with E-state index in [-0.39, 0.29) is 23.9 Å². The van der Waals surface area contributed by atoms with E-state index in [0.717, 1.165) is 0 Å². The smallest absolute Gasteiger partial charge is 0.180 e. The summed E-state index contributed by atoms with van der Waals surface area (Å²) in [5.41, 5.74) is 0.280. The fraction of sp³-hybridized carbons (Fsp3) is 0.312. The maximum absolute atomic E-state index is 13.3. The molecular formula is C16H18FNO2S. The number of ketones is 1. The van der Waals surface area contributed by atoms with Crippen molar-refractivity contribution < 1.29 is 13.9 Å². The third-order valence-corrected chi connectivity index (χ3v) is 4.51. The Hall–Kier alpha value is -1.72. The van der Waals surface area contributed by atoms with E-state index in [1.54, 1.807) is 11.3 Å². The summed E-state index contributed by atoms with van der Waals surface area (Å²) in [7, 11) is 3.36. The van der Waals surface area contributed by atoms with Crippen LogP contribution in [0.4, 0.5) is 4.39 Å². The molecule has 0 aliphatic carbocycles. The van der Waals surface area contributed by atoms with Crippen molar-refractivity contribution in [3.63, 3.8) is 0 Å². The zero-order valence-electron chi connectivity index (χ0n) is 12.3. The molecule has 0 fully saturated rings. The van der Waals surface area contributed by atoms with Gasteiger partial charge in [0.15, 0.2) is 5.78 Å². The van der Waals surface area contributed by atoms with Crippen molar-refractivity contribution in [3.05, 3.63) is 52.0 Å². The van der Waals surface area contributed by atoms with E-state index >= 15 is 0 Å². The molecule has 0 amide bonds. The Morgan fingerprint density at radius 2 is 2.19 bits per heavy atom. The second kappa shape index (κ2) is 6.83. The molecule has 0 saturated carbocycles. The van der Waals surface area contributed by atoms with Crippen LogP contribution in [0.1, 0.15) is 28.2 Å². The summed E-state index contributed by atoms with van der Waals surface area (Å²) in [6, 6.07) is 8.15. The summed E-state index contributed by atoms with van der Waals surface area (Å²) in [5, 5.41) is 2.01. The summed E-state index contributed by atoms with van der Waals surface area (Å²) in [5.74, 6) is -0.191. The minimum absolute atomic E-state index is 0.133. The highest BCUT2D eigenvalue weighted by atomic mass is 32.1. The highest BCUT2D eigenvalue weighted by molar-refractivity contribution is 7.10. The van der Waals surface area contributed by atoms with E-state index in [4.69, 9.17) is 4.74 Å². The number of methoxy groups -OCH3 is 1. The van der Waals surface area contributed by atoms with E-state index in [1.807, 2.05) is 36.4 Å². The molecule has 1 aromatic heterocycles. The number of nitrogens with zero attached hydrogens (tertiary/aromatic N) is 1. The molecule has 0 radical (unpaired) electrons. The number of hydrogen-bond donors (Lipinski definition) is 0. The summed E-state index contributed by atoms with van der Waals surface area (Å²) in [4.78, 5) is 15.5. The van der Waals surface area contributed by atoms with Crippen molar-refractivity contribution in [2.45, 2.75) is 13.0 Å². The zero-order valence-corrected chi connectivity index (χ0v) is 13.1. The molecule has 21 heavy (non-hydrogen) atoms. The summed E-state index contributed by atoms with van der Waals surface area (Å²) >= 11 is 1.65. The number of likely N-dealkylation sites (N-methyl/N-ethyl adjacent to an activating group) is 1. The fourth-order valence-electron chi connectivity index (χ4n) is 2.09. The fourth-order valence-corrected chi connectivity index (χ4v) is 2.94. The monoisotopic (exact) mass is 307 g/mol. The Morgan fingerprint density at radius 1 is 1.43 bits per heavy atom. The lowest BCUT2D eigenvalue weighted by Crippen LogP contribution is -2.28. The normalized spacial score (nSPS) is 12.4. The number of benzene rings is 1. The van der Waals surface area contributed by atoms with Gasteiger partial charge in [-0.25, -0.2) is 4.39 Å². The van der Waals surface area contributed by atoms with Crippen LogP contribution in [0.15, 0.2) is 35.7 Å². The highest BCUT2D eigenvalue weighted by Crippen LogP contribution is 2.25. The number of carbonyl (C=O) groups excluding carboxylic acids is 1. The van der Waals surface area contributed by atoms with E-state index in [9.17, 15) is 9.18 Å². The number of ether oxygens (including phenoxy) is 1. The van der Waals surface area contributed by atoms with Crippen LogP contribution in [0.25, 0.3) is 0 Å². The summed E-state index contributed by atoms with van der Waals surface area (Å²) < 4.78 is 18.5. The molecule has 0 aliphatic heterocycles.